The van der Waals surface area contributed by atoms with E-state index in [2.05, 4.69) is 0 Å². The molecular weight excluding hydrogens is 204 g/mol. The molecule has 3 heteroatoms. The number of benzene rings is 1. The first-order chi connectivity index (χ1) is 7.41. The Labute approximate surface area is 95.1 Å². The van der Waals surface area contributed by atoms with Gasteiger partial charge in [-0.05, 0) is 20.3 Å². The highest BCUT2D eigenvalue weighted by molar-refractivity contribution is 6.16. The second-order valence-corrected chi connectivity index (χ2v) is 3.97. The summed E-state index contributed by atoms with van der Waals surface area (Å²) in [5.74, 6) is -1.04. The van der Waals surface area contributed by atoms with Crippen LogP contribution in [0.15, 0.2) is 24.3 Å². The maximum Gasteiger partial charge on any atom is 0.201 e. The molecule has 0 aliphatic rings. The molecule has 1 aromatic carbocycles. The fraction of sp³-hybridized carbons (Fsp3) is 0.385. The van der Waals surface area contributed by atoms with Crippen LogP contribution < -0.4 is 0 Å². The van der Waals surface area contributed by atoms with Crippen LogP contribution in [0.4, 0.5) is 0 Å². The molecule has 0 heterocycles. The van der Waals surface area contributed by atoms with Gasteiger partial charge in [0, 0.05) is 5.56 Å². The first kappa shape index (κ1) is 12.6. The maximum atomic E-state index is 12.0. The SMILES string of the molecule is CCC(O)(C(C)=O)C(=O)c1ccc(C)cc1. The smallest absolute Gasteiger partial charge is 0.201 e. The zero-order valence-corrected chi connectivity index (χ0v) is 9.78. The Bertz CT molecular complexity index is 406. The van der Waals surface area contributed by atoms with Crippen molar-refractivity contribution in [1.29, 1.82) is 0 Å². The molecule has 0 aliphatic carbocycles. The van der Waals surface area contributed by atoms with E-state index in [9.17, 15) is 14.7 Å². The van der Waals surface area contributed by atoms with Gasteiger partial charge >= 0.3 is 0 Å². The molecular formula is C13H16O3. The number of rotatable bonds is 4. The fourth-order valence-corrected chi connectivity index (χ4v) is 1.51. The molecule has 0 spiro atoms. The van der Waals surface area contributed by atoms with Crippen molar-refractivity contribution in [3.8, 4) is 0 Å². The molecule has 1 unspecified atom stereocenters. The molecule has 1 aromatic rings. The van der Waals surface area contributed by atoms with Crippen LogP contribution in [0.2, 0.25) is 0 Å². The minimum atomic E-state index is -1.88. The van der Waals surface area contributed by atoms with Gasteiger partial charge in [0.05, 0.1) is 0 Å². The highest BCUT2D eigenvalue weighted by atomic mass is 16.3. The highest BCUT2D eigenvalue weighted by Crippen LogP contribution is 2.19. The number of ketones is 2. The van der Waals surface area contributed by atoms with Gasteiger partial charge in [-0.15, -0.1) is 0 Å². The first-order valence-electron chi connectivity index (χ1n) is 5.26. The van der Waals surface area contributed by atoms with Crippen molar-refractivity contribution in [2.24, 2.45) is 0 Å². The third-order valence-electron chi connectivity index (χ3n) is 2.78. The van der Waals surface area contributed by atoms with Gasteiger partial charge in [0.15, 0.2) is 11.4 Å². The monoisotopic (exact) mass is 220 g/mol. The molecule has 0 aliphatic heterocycles. The summed E-state index contributed by atoms with van der Waals surface area (Å²) in [6.45, 7) is 4.76. The lowest BCUT2D eigenvalue weighted by Gasteiger charge is -2.21. The zero-order chi connectivity index (χ0) is 12.3. The maximum absolute atomic E-state index is 12.0. The molecule has 0 saturated carbocycles. The molecule has 0 amide bonds. The van der Waals surface area contributed by atoms with E-state index < -0.39 is 17.2 Å². The average molecular weight is 220 g/mol. The predicted molar refractivity (Wildman–Crippen MR) is 61.4 cm³/mol. The first-order valence-corrected chi connectivity index (χ1v) is 5.26. The van der Waals surface area contributed by atoms with E-state index in [0.29, 0.717) is 5.56 Å². The van der Waals surface area contributed by atoms with E-state index >= 15 is 0 Å². The number of carbonyl (C=O) groups is 2. The van der Waals surface area contributed by atoms with Crippen molar-refractivity contribution in [2.45, 2.75) is 32.8 Å². The molecule has 0 bridgehead atoms. The normalized spacial score (nSPS) is 14.2. The van der Waals surface area contributed by atoms with Crippen LogP contribution in [0.3, 0.4) is 0 Å². The summed E-state index contributed by atoms with van der Waals surface area (Å²) in [5, 5.41) is 9.99. The van der Waals surface area contributed by atoms with Gasteiger partial charge in [-0.2, -0.15) is 0 Å². The lowest BCUT2D eigenvalue weighted by Crippen LogP contribution is -2.44. The summed E-state index contributed by atoms with van der Waals surface area (Å²) >= 11 is 0. The van der Waals surface area contributed by atoms with E-state index in [4.69, 9.17) is 0 Å². The molecule has 3 nitrogen and oxygen atoms in total. The Morgan fingerprint density at radius 1 is 1.25 bits per heavy atom. The number of Topliss-reactive ketones (excluding diaryl/α,β-unsaturated/α-hetero) is 2. The summed E-state index contributed by atoms with van der Waals surface area (Å²) in [5.41, 5.74) is -0.487. The Kier molecular flexibility index (Phi) is 3.60. The number of carbonyl (C=O) groups excluding carboxylic acids is 2. The van der Waals surface area contributed by atoms with Crippen molar-refractivity contribution in [2.75, 3.05) is 0 Å². The van der Waals surface area contributed by atoms with Crippen molar-refractivity contribution in [3.05, 3.63) is 35.4 Å². The minimum Gasteiger partial charge on any atom is -0.374 e. The predicted octanol–water partition coefficient (Wildman–Crippen LogP) is 1.91. The molecule has 16 heavy (non-hydrogen) atoms. The van der Waals surface area contributed by atoms with Crippen LogP contribution in [-0.4, -0.2) is 22.3 Å². The standard InChI is InChI=1S/C13H16O3/c1-4-13(16,10(3)14)12(15)11-7-5-9(2)6-8-11/h5-8,16H,4H2,1-3H3. The molecule has 1 rings (SSSR count). The summed E-state index contributed by atoms with van der Waals surface area (Å²) in [7, 11) is 0. The summed E-state index contributed by atoms with van der Waals surface area (Å²) in [6, 6.07) is 6.81. The van der Waals surface area contributed by atoms with Crippen LogP contribution in [0, 0.1) is 6.92 Å². The number of aryl methyl sites for hydroxylation is 1. The average Bonchev–Trinajstić information content (AvgIpc) is 2.27. The Balaban J connectivity index is 3.10. The van der Waals surface area contributed by atoms with Crippen molar-refractivity contribution < 1.29 is 14.7 Å². The fourth-order valence-electron chi connectivity index (χ4n) is 1.51. The van der Waals surface area contributed by atoms with Gasteiger partial charge in [-0.1, -0.05) is 36.8 Å². The Hall–Kier alpha value is -1.48. The van der Waals surface area contributed by atoms with Gasteiger partial charge < -0.3 is 5.11 Å². The largest absolute Gasteiger partial charge is 0.374 e. The van der Waals surface area contributed by atoms with Gasteiger partial charge in [0.1, 0.15) is 0 Å². The molecule has 1 N–H and O–H groups in total. The molecule has 1 atom stereocenters. The molecule has 86 valence electrons. The minimum absolute atomic E-state index is 0.0923. The van der Waals surface area contributed by atoms with E-state index in [1.54, 1.807) is 31.2 Å². The summed E-state index contributed by atoms with van der Waals surface area (Å²) < 4.78 is 0. The third kappa shape index (κ3) is 2.19. The summed E-state index contributed by atoms with van der Waals surface area (Å²) in [6.07, 6.45) is 0.0923. The van der Waals surface area contributed by atoms with E-state index in [-0.39, 0.29) is 6.42 Å². The topological polar surface area (TPSA) is 54.4 Å². The van der Waals surface area contributed by atoms with Crippen LogP contribution in [0.25, 0.3) is 0 Å². The second kappa shape index (κ2) is 4.58. The van der Waals surface area contributed by atoms with Crippen LogP contribution in [-0.2, 0) is 4.79 Å². The quantitative estimate of drug-likeness (QED) is 0.623. The third-order valence-corrected chi connectivity index (χ3v) is 2.78. The van der Waals surface area contributed by atoms with E-state index in [0.717, 1.165) is 5.56 Å². The van der Waals surface area contributed by atoms with Gasteiger partial charge in [-0.3, -0.25) is 9.59 Å². The van der Waals surface area contributed by atoms with E-state index in [1.165, 1.54) is 6.92 Å². The van der Waals surface area contributed by atoms with Gasteiger partial charge in [-0.25, -0.2) is 0 Å². The Morgan fingerprint density at radius 2 is 1.75 bits per heavy atom. The molecule has 0 radical (unpaired) electrons. The van der Waals surface area contributed by atoms with Gasteiger partial charge in [0.2, 0.25) is 5.78 Å². The zero-order valence-electron chi connectivity index (χ0n) is 9.78. The summed E-state index contributed by atoms with van der Waals surface area (Å²) in [4.78, 5) is 23.3. The van der Waals surface area contributed by atoms with Crippen LogP contribution >= 0.6 is 0 Å². The second-order valence-electron chi connectivity index (χ2n) is 3.97. The van der Waals surface area contributed by atoms with Crippen LogP contribution in [0.5, 0.6) is 0 Å². The molecule has 0 fully saturated rings. The van der Waals surface area contributed by atoms with Gasteiger partial charge in [0.25, 0.3) is 0 Å². The number of hydrogen-bond acceptors (Lipinski definition) is 3. The van der Waals surface area contributed by atoms with Crippen molar-refractivity contribution in [3.63, 3.8) is 0 Å². The van der Waals surface area contributed by atoms with Crippen LogP contribution in [0.1, 0.15) is 36.2 Å². The lowest BCUT2D eigenvalue weighted by atomic mass is 9.87. The van der Waals surface area contributed by atoms with E-state index in [1.807, 2.05) is 6.92 Å². The van der Waals surface area contributed by atoms with Crippen molar-refractivity contribution in [1.82, 2.24) is 0 Å². The Morgan fingerprint density at radius 3 is 2.12 bits per heavy atom. The lowest BCUT2D eigenvalue weighted by molar-refractivity contribution is -0.130. The highest BCUT2D eigenvalue weighted by Gasteiger charge is 2.39. The number of aliphatic hydroxyl groups is 1. The van der Waals surface area contributed by atoms with Crippen molar-refractivity contribution >= 4 is 11.6 Å². The molecule has 0 saturated heterocycles. The molecule has 0 aromatic heterocycles. The number of hydrogen-bond donors (Lipinski definition) is 1.